The largest absolute Gasteiger partial charge is 0.492 e. The van der Waals surface area contributed by atoms with E-state index in [0.717, 1.165) is 11.1 Å². The van der Waals surface area contributed by atoms with Gasteiger partial charge >= 0.3 is 0 Å². The average Bonchev–Trinajstić information content (AvgIpc) is 2.74. The molecule has 4 rings (SSSR count). The third kappa shape index (κ3) is 4.20. The lowest BCUT2D eigenvalue weighted by molar-refractivity contribution is 0.299. The summed E-state index contributed by atoms with van der Waals surface area (Å²) in [6, 6.07) is 20.4. The normalized spacial score (nSPS) is 11.0. The molecule has 0 aliphatic carbocycles. The van der Waals surface area contributed by atoms with E-state index in [1.54, 1.807) is 28.8 Å². The second-order valence-electron chi connectivity index (χ2n) is 7.00. The molecule has 0 bridgehead atoms. The van der Waals surface area contributed by atoms with Gasteiger partial charge in [-0.2, -0.15) is 0 Å². The zero-order valence-electron chi connectivity index (χ0n) is 16.4. The van der Waals surface area contributed by atoms with Crippen molar-refractivity contribution in [3.8, 4) is 17.1 Å². The van der Waals surface area contributed by atoms with Crippen molar-refractivity contribution >= 4 is 34.1 Å². The lowest BCUT2D eigenvalue weighted by Gasteiger charge is -2.15. The van der Waals surface area contributed by atoms with Crippen molar-refractivity contribution in [3.63, 3.8) is 0 Å². The predicted molar refractivity (Wildman–Crippen MR) is 123 cm³/mol. The van der Waals surface area contributed by atoms with Crippen LogP contribution in [-0.2, 0) is 6.54 Å². The van der Waals surface area contributed by atoms with Crippen molar-refractivity contribution in [1.29, 1.82) is 0 Å². The molecule has 0 fully saturated rings. The zero-order valence-corrected chi connectivity index (χ0v) is 18.0. The highest BCUT2D eigenvalue weighted by Gasteiger charge is 2.13. The maximum absolute atomic E-state index is 13.2. The van der Waals surface area contributed by atoms with Crippen molar-refractivity contribution in [2.24, 2.45) is 0 Å². The van der Waals surface area contributed by atoms with Gasteiger partial charge in [-0.3, -0.25) is 9.36 Å². The van der Waals surface area contributed by atoms with E-state index in [0.29, 0.717) is 52.1 Å². The summed E-state index contributed by atoms with van der Waals surface area (Å²) < 4.78 is 7.60. The summed E-state index contributed by atoms with van der Waals surface area (Å²) >= 11 is 12.3. The van der Waals surface area contributed by atoms with E-state index in [2.05, 4.69) is 0 Å². The number of aryl methyl sites for hydroxylation is 1. The first kappa shape index (κ1) is 20.5. The molecule has 0 aliphatic heterocycles. The number of halogens is 2. The van der Waals surface area contributed by atoms with Crippen LogP contribution < -0.4 is 10.3 Å². The van der Waals surface area contributed by atoms with Crippen LogP contribution in [-0.4, -0.2) is 16.2 Å². The highest BCUT2D eigenvalue weighted by molar-refractivity contribution is 6.32. The molecule has 0 radical (unpaired) electrons. The van der Waals surface area contributed by atoms with Crippen LogP contribution in [0.5, 0.6) is 5.75 Å². The van der Waals surface area contributed by atoms with Gasteiger partial charge in [0.25, 0.3) is 5.56 Å². The number of aromatic nitrogens is 2. The van der Waals surface area contributed by atoms with Crippen molar-refractivity contribution < 1.29 is 4.74 Å². The third-order valence-electron chi connectivity index (χ3n) is 4.90. The Labute approximate surface area is 184 Å². The highest BCUT2D eigenvalue weighted by atomic mass is 35.5. The fourth-order valence-corrected chi connectivity index (χ4v) is 3.79. The number of nitrogens with zero attached hydrogens (tertiary/aromatic N) is 2. The van der Waals surface area contributed by atoms with Crippen LogP contribution >= 0.6 is 23.2 Å². The van der Waals surface area contributed by atoms with Gasteiger partial charge in [0.1, 0.15) is 11.6 Å². The number of rotatable bonds is 6. The molecule has 4 nitrogen and oxygen atoms in total. The molecular weight excluding hydrogens is 419 g/mol. The van der Waals surface area contributed by atoms with Gasteiger partial charge in [0, 0.05) is 17.1 Å². The first-order valence-corrected chi connectivity index (χ1v) is 10.4. The molecule has 0 unspecified atom stereocenters. The minimum atomic E-state index is -0.0699. The number of benzene rings is 3. The number of fused-ring (bicyclic) bond motifs is 1. The molecule has 152 valence electrons. The minimum Gasteiger partial charge on any atom is -0.492 e. The molecule has 0 N–H and O–H groups in total. The van der Waals surface area contributed by atoms with E-state index in [-0.39, 0.29) is 5.56 Å². The summed E-state index contributed by atoms with van der Waals surface area (Å²) in [5, 5.41) is 1.82. The number of para-hydroxylation sites is 2. The van der Waals surface area contributed by atoms with Crippen molar-refractivity contribution in [2.75, 3.05) is 6.61 Å². The SMILES string of the molecule is Cc1cccc(Cl)c1OCCCn1c(-c2ccc(Cl)cc2)nc2ccccc2c1=O. The van der Waals surface area contributed by atoms with Crippen LogP contribution in [0.15, 0.2) is 71.5 Å². The Bertz CT molecular complexity index is 1230. The molecule has 6 heteroatoms. The monoisotopic (exact) mass is 438 g/mol. The quantitative estimate of drug-likeness (QED) is 0.339. The molecule has 30 heavy (non-hydrogen) atoms. The Hall–Kier alpha value is -2.82. The standard InChI is InChI=1S/C24H20Cl2N2O2/c1-16-6-4-8-20(26)22(16)30-15-5-14-28-23(17-10-12-18(25)13-11-17)27-21-9-3-2-7-19(21)24(28)29/h2-4,6-13H,5,14-15H2,1H3. The number of hydrogen-bond acceptors (Lipinski definition) is 3. The van der Waals surface area contributed by atoms with Gasteiger partial charge < -0.3 is 4.74 Å². The average molecular weight is 439 g/mol. The van der Waals surface area contributed by atoms with Gasteiger partial charge in [-0.05, 0) is 61.4 Å². The summed E-state index contributed by atoms with van der Waals surface area (Å²) in [4.78, 5) is 18.0. The van der Waals surface area contributed by atoms with Crippen molar-refractivity contribution in [2.45, 2.75) is 19.9 Å². The van der Waals surface area contributed by atoms with E-state index in [1.807, 2.05) is 49.4 Å². The Balaban J connectivity index is 1.63. The molecular formula is C24H20Cl2N2O2. The van der Waals surface area contributed by atoms with Gasteiger partial charge in [-0.25, -0.2) is 4.98 Å². The first-order chi connectivity index (χ1) is 14.5. The second-order valence-corrected chi connectivity index (χ2v) is 7.85. The summed E-state index contributed by atoms with van der Waals surface area (Å²) in [7, 11) is 0. The van der Waals surface area contributed by atoms with Crippen LogP contribution in [0.3, 0.4) is 0 Å². The van der Waals surface area contributed by atoms with Crippen molar-refractivity contribution in [3.05, 3.63) is 92.7 Å². The lowest BCUT2D eigenvalue weighted by atomic mass is 10.1. The molecule has 1 heterocycles. The fraction of sp³-hybridized carbons (Fsp3) is 0.167. The van der Waals surface area contributed by atoms with Gasteiger partial charge in [0.15, 0.2) is 0 Å². The summed E-state index contributed by atoms with van der Waals surface area (Å²) in [5.74, 6) is 1.30. The van der Waals surface area contributed by atoms with E-state index in [4.69, 9.17) is 32.9 Å². The molecule has 3 aromatic carbocycles. The van der Waals surface area contributed by atoms with E-state index < -0.39 is 0 Å². The maximum Gasteiger partial charge on any atom is 0.261 e. The Kier molecular flexibility index (Phi) is 6.07. The van der Waals surface area contributed by atoms with Crippen LogP contribution in [0.4, 0.5) is 0 Å². The predicted octanol–water partition coefficient (Wildman–Crippen LogP) is 6.15. The molecule has 0 atom stereocenters. The van der Waals surface area contributed by atoms with Gasteiger partial charge in [-0.1, -0.05) is 47.5 Å². The summed E-state index contributed by atoms with van der Waals surface area (Å²) in [6.45, 7) is 2.86. The fourth-order valence-electron chi connectivity index (χ4n) is 3.39. The lowest BCUT2D eigenvalue weighted by Crippen LogP contribution is -2.24. The smallest absolute Gasteiger partial charge is 0.261 e. The van der Waals surface area contributed by atoms with Crippen LogP contribution in [0.2, 0.25) is 10.0 Å². The molecule has 4 aromatic rings. The topological polar surface area (TPSA) is 44.1 Å². The van der Waals surface area contributed by atoms with Crippen LogP contribution in [0, 0.1) is 6.92 Å². The van der Waals surface area contributed by atoms with E-state index in [1.165, 1.54) is 0 Å². The Morgan fingerprint density at radius 2 is 1.73 bits per heavy atom. The zero-order chi connectivity index (χ0) is 21.1. The second kappa shape index (κ2) is 8.90. The number of hydrogen-bond donors (Lipinski definition) is 0. The molecule has 0 aliphatic rings. The van der Waals surface area contributed by atoms with E-state index in [9.17, 15) is 4.79 Å². The maximum atomic E-state index is 13.2. The summed E-state index contributed by atoms with van der Waals surface area (Å²) in [6.07, 6.45) is 0.630. The van der Waals surface area contributed by atoms with E-state index >= 15 is 0 Å². The molecule has 1 aromatic heterocycles. The van der Waals surface area contributed by atoms with Crippen LogP contribution in [0.25, 0.3) is 22.3 Å². The number of ether oxygens (including phenoxy) is 1. The molecule has 0 spiro atoms. The first-order valence-electron chi connectivity index (χ1n) is 9.68. The third-order valence-corrected chi connectivity index (χ3v) is 5.45. The Morgan fingerprint density at radius 1 is 0.967 bits per heavy atom. The van der Waals surface area contributed by atoms with Gasteiger partial charge in [0.05, 0.1) is 22.5 Å². The minimum absolute atomic E-state index is 0.0699. The molecule has 0 amide bonds. The van der Waals surface area contributed by atoms with Gasteiger partial charge in [0.2, 0.25) is 0 Å². The molecule has 0 saturated carbocycles. The van der Waals surface area contributed by atoms with Gasteiger partial charge in [-0.15, -0.1) is 0 Å². The Morgan fingerprint density at radius 3 is 2.50 bits per heavy atom. The highest BCUT2D eigenvalue weighted by Crippen LogP contribution is 2.28. The van der Waals surface area contributed by atoms with Crippen molar-refractivity contribution in [1.82, 2.24) is 9.55 Å². The van der Waals surface area contributed by atoms with Crippen LogP contribution in [0.1, 0.15) is 12.0 Å². The summed E-state index contributed by atoms with van der Waals surface area (Å²) in [5.41, 5.74) is 2.42. The molecule has 0 saturated heterocycles.